The molecular formula is C16H24N6OS. The Kier molecular flexibility index (Phi) is 7.82. The third-order valence-corrected chi connectivity index (χ3v) is 4.18. The molecule has 0 aromatic carbocycles. The number of hydrogen-bond donors (Lipinski definition) is 3. The van der Waals surface area contributed by atoms with Gasteiger partial charge in [0.2, 0.25) is 0 Å². The molecule has 0 unspecified atom stereocenters. The number of aromatic nitrogens is 2. The van der Waals surface area contributed by atoms with Gasteiger partial charge in [-0.1, -0.05) is 6.07 Å². The Hall–Kier alpha value is -2.35. The molecule has 24 heavy (non-hydrogen) atoms. The molecule has 0 bridgehead atoms. The molecule has 130 valence electrons. The summed E-state index contributed by atoms with van der Waals surface area (Å²) in [5.41, 5.74) is 0. The predicted octanol–water partition coefficient (Wildman–Crippen LogP) is 1.32. The van der Waals surface area contributed by atoms with Crippen molar-refractivity contribution >= 4 is 23.2 Å². The number of thiophene rings is 1. The summed E-state index contributed by atoms with van der Waals surface area (Å²) < 4.78 is 1.91. The Morgan fingerprint density at radius 2 is 2.00 bits per heavy atom. The third-order valence-electron chi connectivity index (χ3n) is 3.32. The quantitative estimate of drug-likeness (QED) is 0.363. The molecule has 0 saturated carbocycles. The Labute approximate surface area is 146 Å². The minimum absolute atomic E-state index is 0.00821. The molecule has 2 aromatic rings. The van der Waals surface area contributed by atoms with Crippen LogP contribution in [0.5, 0.6) is 0 Å². The summed E-state index contributed by atoms with van der Waals surface area (Å²) in [5.74, 6) is 0.770. The van der Waals surface area contributed by atoms with Gasteiger partial charge in [-0.05, 0) is 30.4 Å². The number of guanidine groups is 1. The van der Waals surface area contributed by atoms with E-state index in [0.717, 1.165) is 43.3 Å². The molecule has 1 amide bonds. The molecule has 0 saturated heterocycles. The second kappa shape index (κ2) is 10.4. The number of nitrogens with zero attached hydrogens (tertiary/aromatic N) is 3. The van der Waals surface area contributed by atoms with Crippen LogP contribution in [0, 0.1) is 0 Å². The van der Waals surface area contributed by atoms with Crippen LogP contribution in [0.4, 0.5) is 0 Å². The van der Waals surface area contributed by atoms with Crippen LogP contribution in [0.15, 0.2) is 41.0 Å². The molecule has 0 aliphatic rings. The average molecular weight is 348 g/mol. The average Bonchev–Trinajstić information content (AvgIpc) is 3.29. The van der Waals surface area contributed by atoms with Crippen LogP contribution < -0.4 is 16.0 Å². The van der Waals surface area contributed by atoms with Crippen molar-refractivity contribution < 1.29 is 4.79 Å². The van der Waals surface area contributed by atoms with E-state index in [-0.39, 0.29) is 5.91 Å². The molecule has 2 rings (SSSR count). The van der Waals surface area contributed by atoms with Crippen molar-refractivity contribution in [2.75, 3.05) is 26.7 Å². The Balaban J connectivity index is 1.51. The number of aliphatic imine (C=N–C) groups is 1. The largest absolute Gasteiger partial charge is 0.356 e. The van der Waals surface area contributed by atoms with Crippen molar-refractivity contribution in [2.45, 2.75) is 19.4 Å². The van der Waals surface area contributed by atoms with E-state index in [1.54, 1.807) is 13.2 Å². The number of aryl methyl sites for hydroxylation is 1. The highest BCUT2D eigenvalue weighted by Crippen LogP contribution is 2.07. The van der Waals surface area contributed by atoms with Crippen molar-refractivity contribution in [1.82, 2.24) is 25.7 Å². The van der Waals surface area contributed by atoms with E-state index in [1.807, 2.05) is 34.5 Å². The molecule has 2 aromatic heterocycles. The molecule has 0 atom stereocenters. The molecule has 0 fully saturated rings. The van der Waals surface area contributed by atoms with Gasteiger partial charge in [-0.3, -0.25) is 14.5 Å². The zero-order valence-electron chi connectivity index (χ0n) is 13.9. The van der Waals surface area contributed by atoms with Crippen LogP contribution in [-0.4, -0.2) is 48.3 Å². The van der Waals surface area contributed by atoms with Crippen LogP contribution in [0.2, 0.25) is 0 Å². The number of hydrogen-bond acceptors (Lipinski definition) is 4. The number of nitrogens with one attached hydrogen (secondary N) is 3. The normalized spacial score (nSPS) is 11.3. The highest BCUT2D eigenvalue weighted by molar-refractivity contribution is 7.12. The van der Waals surface area contributed by atoms with Crippen LogP contribution in [0.1, 0.15) is 22.5 Å². The standard InChI is InChI=1S/C16H24N6OS/c1-17-16(20-9-4-11-22-12-5-10-21-22)19-8-3-7-18-15(23)14-6-2-13-24-14/h2,5-6,10,12-13H,3-4,7-9,11H2,1H3,(H,18,23)(H2,17,19,20). The molecule has 2 heterocycles. The second-order valence-electron chi connectivity index (χ2n) is 5.14. The first kappa shape index (κ1) is 18.0. The molecule has 0 radical (unpaired) electrons. The minimum Gasteiger partial charge on any atom is -0.356 e. The van der Waals surface area contributed by atoms with Gasteiger partial charge in [0.1, 0.15) is 0 Å². The van der Waals surface area contributed by atoms with E-state index in [2.05, 4.69) is 26.0 Å². The predicted molar refractivity (Wildman–Crippen MR) is 97.5 cm³/mol. The monoisotopic (exact) mass is 348 g/mol. The van der Waals surface area contributed by atoms with Gasteiger partial charge in [-0.2, -0.15) is 5.10 Å². The van der Waals surface area contributed by atoms with Crippen LogP contribution in [0.3, 0.4) is 0 Å². The maximum Gasteiger partial charge on any atom is 0.261 e. The van der Waals surface area contributed by atoms with E-state index < -0.39 is 0 Å². The fourth-order valence-electron chi connectivity index (χ4n) is 2.09. The van der Waals surface area contributed by atoms with Gasteiger partial charge in [0.15, 0.2) is 5.96 Å². The van der Waals surface area contributed by atoms with E-state index in [4.69, 9.17) is 0 Å². The van der Waals surface area contributed by atoms with Gasteiger partial charge < -0.3 is 16.0 Å². The highest BCUT2D eigenvalue weighted by atomic mass is 32.1. The molecular weight excluding hydrogens is 324 g/mol. The van der Waals surface area contributed by atoms with Gasteiger partial charge in [0, 0.05) is 45.6 Å². The third kappa shape index (κ3) is 6.41. The fourth-order valence-corrected chi connectivity index (χ4v) is 2.73. The van der Waals surface area contributed by atoms with Crippen molar-refractivity contribution in [3.63, 3.8) is 0 Å². The Bertz CT molecular complexity index is 609. The summed E-state index contributed by atoms with van der Waals surface area (Å²) in [5, 5.41) is 15.5. The maximum absolute atomic E-state index is 11.8. The molecule has 7 nitrogen and oxygen atoms in total. The van der Waals surface area contributed by atoms with Crippen LogP contribution in [0.25, 0.3) is 0 Å². The van der Waals surface area contributed by atoms with E-state index in [0.29, 0.717) is 6.54 Å². The maximum atomic E-state index is 11.8. The van der Waals surface area contributed by atoms with E-state index >= 15 is 0 Å². The fraction of sp³-hybridized carbons (Fsp3) is 0.438. The molecule has 0 aliphatic heterocycles. The molecule has 0 aliphatic carbocycles. The van der Waals surface area contributed by atoms with Crippen LogP contribution in [-0.2, 0) is 6.54 Å². The first-order valence-corrected chi connectivity index (χ1v) is 8.91. The lowest BCUT2D eigenvalue weighted by Gasteiger charge is -2.12. The lowest BCUT2D eigenvalue weighted by Crippen LogP contribution is -2.39. The minimum atomic E-state index is -0.00821. The first-order chi connectivity index (χ1) is 11.8. The molecule has 0 spiro atoms. The Morgan fingerprint density at radius 3 is 2.67 bits per heavy atom. The lowest BCUT2D eigenvalue weighted by atomic mass is 10.4. The first-order valence-electron chi connectivity index (χ1n) is 8.03. The zero-order valence-corrected chi connectivity index (χ0v) is 14.7. The van der Waals surface area contributed by atoms with Gasteiger partial charge in [-0.15, -0.1) is 11.3 Å². The SMILES string of the molecule is CN=C(NCCCNC(=O)c1cccs1)NCCCn1cccn1. The van der Waals surface area contributed by atoms with Crippen molar-refractivity contribution in [2.24, 2.45) is 4.99 Å². The summed E-state index contributed by atoms with van der Waals surface area (Å²) in [4.78, 5) is 16.7. The topological polar surface area (TPSA) is 83.3 Å². The van der Waals surface area contributed by atoms with Gasteiger partial charge in [0.05, 0.1) is 4.88 Å². The van der Waals surface area contributed by atoms with Gasteiger partial charge >= 0.3 is 0 Å². The molecule has 8 heteroatoms. The Morgan fingerprint density at radius 1 is 1.21 bits per heavy atom. The van der Waals surface area contributed by atoms with Gasteiger partial charge in [-0.25, -0.2) is 0 Å². The van der Waals surface area contributed by atoms with Gasteiger partial charge in [0.25, 0.3) is 5.91 Å². The zero-order chi connectivity index (χ0) is 17.0. The summed E-state index contributed by atoms with van der Waals surface area (Å²) in [6.07, 6.45) is 5.55. The number of rotatable bonds is 9. The van der Waals surface area contributed by atoms with Crippen molar-refractivity contribution in [3.05, 3.63) is 40.8 Å². The van der Waals surface area contributed by atoms with E-state index in [1.165, 1.54) is 11.3 Å². The van der Waals surface area contributed by atoms with E-state index in [9.17, 15) is 4.79 Å². The summed E-state index contributed by atoms with van der Waals surface area (Å²) in [6, 6.07) is 5.63. The highest BCUT2D eigenvalue weighted by Gasteiger charge is 2.04. The molecule has 3 N–H and O–H groups in total. The smallest absolute Gasteiger partial charge is 0.261 e. The summed E-state index contributed by atoms with van der Waals surface area (Å²) in [6.45, 7) is 3.10. The lowest BCUT2D eigenvalue weighted by molar-refractivity contribution is 0.0957. The number of carbonyl (C=O) groups excluding carboxylic acids is 1. The number of carbonyl (C=O) groups is 1. The van der Waals surface area contributed by atoms with Crippen LogP contribution >= 0.6 is 11.3 Å². The summed E-state index contributed by atoms with van der Waals surface area (Å²) in [7, 11) is 1.75. The van der Waals surface area contributed by atoms with Crippen molar-refractivity contribution in [1.29, 1.82) is 0 Å². The number of amides is 1. The van der Waals surface area contributed by atoms with Crippen molar-refractivity contribution in [3.8, 4) is 0 Å². The summed E-state index contributed by atoms with van der Waals surface area (Å²) >= 11 is 1.45. The second-order valence-corrected chi connectivity index (χ2v) is 6.08.